The van der Waals surface area contributed by atoms with Crippen molar-refractivity contribution >= 4 is 11.7 Å². The van der Waals surface area contributed by atoms with Gasteiger partial charge in [-0.15, -0.1) is 0 Å². The largest absolute Gasteiger partial charge is 0.438 e. The number of carbonyl (C=O) groups excluding carboxylic acids is 1. The van der Waals surface area contributed by atoms with Gasteiger partial charge in [0.25, 0.3) is 0 Å². The number of benzene rings is 2. The van der Waals surface area contributed by atoms with E-state index < -0.39 is 0 Å². The van der Waals surface area contributed by atoms with Gasteiger partial charge >= 0.3 is 5.97 Å². The van der Waals surface area contributed by atoms with Crippen LogP contribution in [0.3, 0.4) is 0 Å². The summed E-state index contributed by atoms with van der Waals surface area (Å²) in [6, 6.07) is 15.8. The van der Waals surface area contributed by atoms with Crippen LogP contribution in [-0.4, -0.2) is 12.2 Å². The molecule has 0 aliphatic carbocycles. The molecular weight excluding hydrogens is 310 g/mol. The fraction of sp³-hybridized carbons (Fsp3) is 0.409. The van der Waals surface area contributed by atoms with Crippen molar-refractivity contribution in [2.45, 2.75) is 59.1 Å². The van der Waals surface area contributed by atoms with Gasteiger partial charge in [0.1, 0.15) is 0 Å². The molecule has 0 bridgehead atoms. The SMILES string of the molecule is CCCc1ccc(C(=O)OC(CC)Nc2ccccc2)cc1CCC. The zero-order valence-electron chi connectivity index (χ0n) is 15.5. The number of nitrogens with one attached hydrogen (secondary N) is 1. The van der Waals surface area contributed by atoms with Crippen molar-refractivity contribution in [1.29, 1.82) is 0 Å². The highest BCUT2D eigenvalue weighted by molar-refractivity contribution is 5.90. The highest BCUT2D eigenvalue weighted by Crippen LogP contribution is 2.18. The van der Waals surface area contributed by atoms with Gasteiger partial charge in [0, 0.05) is 12.1 Å². The molecule has 2 aromatic rings. The molecule has 0 saturated carbocycles. The normalized spacial score (nSPS) is 11.8. The summed E-state index contributed by atoms with van der Waals surface area (Å²) >= 11 is 0. The lowest BCUT2D eigenvalue weighted by atomic mass is 9.97. The highest BCUT2D eigenvalue weighted by atomic mass is 16.6. The van der Waals surface area contributed by atoms with Crippen LogP contribution in [0.25, 0.3) is 0 Å². The van der Waals surface area contributed by atoms with Crippen LogP contribution in [0.15, 0.2) is 48.5 Å². The lowest BCUT2D eigenvalue weighted by Crippen LogP contribution is -2.25. The van der Waals surface area contributed by atoms with E-state index >= 15 is 0 Å². The number of hydrogen-bond donors (Lipinski definition) is 1. The maximum atomic E-state index is 12.6. The molecule has 0 aliphatic heterocycles. The fourth-order valence-electron chi connectivity index (χ4n) is 2.90. The molecule has 0 heterocycles. The van der Waals surface area contributed by atoms with E-state index in [1.165, 1.54) is 11.1 Å². The quantitative estimate of drug-likeness (QED) is 0.477. The van der Waals surface area contributed by atoms with Crippen LogP contribution in [0.4, 0.5) is 5.69 Å². The molecule has 2 aromatic carbocycles. The van der Waals surface area contributed by atoms with Gasteiger partial charge in [-0.1, -0.05) is 57.9 Å². The minimum atomic E-state index is -0.333. The van der Waals surface area contributed by atoms with Crippen molar-refractivity contribution in [2.24, 2.45) is 0 Å². The van der Waals surface area contributed by atoms with Gasteiger partial charge in [-0.2, -0.15) is 0 Å². The molecule has 1 unspecified atom stereocenters. The van der Waals surface area contributed by atoms with Crippen LogP contribution in [0, 0.1) is 0 Å². The second-order valence-electron chi connectivity index (χ2n) is 6.30. The Labute approximate surface area is 151 Å². The molecule has 1 N–H and O–H groups in total. The minimum absolute atomic E-state index is 0.268. The van der Waals surface area contributed by atoms with Crippen molar-refractivity contribution in [3.63, 3.8) is 0 Å². The summed E-state index contributed by atoms with van der Waals surface area (Å²) in [4.78, 5) is 12.6. The van der Waals surface area contributed by atoms with Crippen LogP contribution in [0.5, 0.6) is 0 Å². The van der Waals surface area contributed by atoms with Gasteiger partial charge in [0.05, 0.1) is 5.56 Å². The lowest BCUT2D eigenvalue weighted by Gasteiger charge is -2.19. The van der Waals surface area contributed by atoms with E-state index in [0.717, 1.165) is 31.4 Å². The van der Waals surface area contributed by atoms with Crippen LogP contribution in [0.1, 0.15) is 61.5 Å². The molecule has 0 saturated heterocycles. The summed E-state index contributed by atoms with van der Waals surface area (Å²) in [5.74, 6) is -0.268. The Balaban J connectivity index is 2.09. The van der Waals surface area contributed by atoms with Crippen molar-refractivity contribution in [1.82, 2.24) is 0 Å². The molecule has 25 heavy (non-hydrogen) atoms. The van der Waals surface area contributed by atoms with Crippen LogP contribution in [0.2, 0.25) is 0 Å². The van der Waals surface area contributed by atoms with E-state index in [1.807, 2.05) is 49.4 Å². The third kappa shape index (κ3) is 5.63. The lowest BCUT2D eigenvalue weighted by molar-refractivity contribution is 0.0352. The average molecular weight is 339 g/mol. The van der Waals surface area contributed by atoms with Gasteiger partial charge in [-0.3, -0.25) is 0 Å². The Kier molecular flexibility index (Phi) is 7.52. The van der Waals surface area contributed by atoms with E-state index in [2.05, 4.69) is 25.2 Å². The second-order valence-corrected chi connectivity index (χ2v) is 6.30. The first-order valence-corrected chi connectivity index (χ1v) is 9.32. The van der Waals surface area contributed by atoms with E-state index in [9.17, 15) is 4.79 Å². The molecule has 0 aromatic heterocycles. The molecule has 0 radical (unpaired) electrons. The Bertz CT molecular complexity index is 667. The average Bonchev–Trinajstić information content (AvgIpc) is 2.63. The van der Waals surface area contributed by atoms with Crippen LogP contribution in [-0.2, 0) is 17.6 Å². The summed E-state index contributed by atoms with van der Waals surface area (Å²) in [6.45, 7) is 6.34. The van der Waals surface area contributed by atoms with Gasteiger partial charge in [0.15, 0.2) is 6.23 Å². The number of ether oxygens (including phenoxy) is 1. The molecule has 0 fully saturated rings. The first kappa shape index (κ1) is 19.0. The van der Waals surface area contributed by atoms with Crippen molar-refractivity contribution in [3.05, 3.63) is 65.2 Å². The molecular formula is C22H29NO2. The molecule has 3 nitrogen and oxygen atoms in total. The first-order valence-electron chi connectivity index (χ1n) is 9.32. The van der Waals surface area contributed by atoms with E-state index in [4.69, 9.17) is 4.74 Å². The summed E-state index contributed by atoms with van der Waals surface area (Å²) in [6.07, 6.45) is 4.60. The minimum Gasteiger partial charge on any atom is -0.438 e. The predicted molar refractivity (Wildman–Crippen MR) is 104 cm³/mol. The highest BCUT2D eigenvalue weighted by Gasteiger charge is 2.15. The van der Waals surface area contributed by atoms with Crippen molar-refractivity contribution in [3.8, 4) is 0 Å². The van der Waals surface area contributed by atoms with Crippen LogP contribution < -0.4 is 5.32 Å². The number of para-hydroxylation sites is 1. The third-order valence-electron chi connectivity index (χ3n) is 4.20. The number of aryl methyl sites for hydroxylation is 2. The molecule has 1 atom stereocenters. The first-order chi connectivity index (χ1) is 12.2. The molecule has 0 spiro atoms. The maximum absolute atomic E-state index is 12.6. The Hall–Kier alpha value is -2.29. The summed E-state index contributed by atoms with van der Waals surface area (Å²) in [7, 11) is 0. The standard InChI is InChI=1S/C22H29NO2/c1-4-10-17-14-15-19(16-18(17)11-5-2)22(24)25-21(6-3)23-20-12-8-7-9-13-20/h7-9,12-16,21,23H,4-6,10-11H2,1-3H3. The maximum Gasteiger partial charge on any atom is 0.340 e. The fourth-order valence-corrected chi connectivity index (χ4v) is 2.90. The third-order valence-corrected chi connectivity index (χ3v) is 4.20. The van der Waals surface area contributed by atoms with Gasteiger partial charge < -0.3 is 10.1 Å². The van der Waals surface area contributed by atoms with Crippen LogP contribution >= 0.6 is 0 Å². The second kappa shape index (κ2) is 9.87. The summed E-state index contributed by atoms with van der Waals surface area (Å²) < 4.78 is 5.67. The van der Waals surface area contributed by atoms with Crippen molar-refractivity contribution < 1.29 is 9.53 Å². The molecule has 0 aliphatic rings. The van der Waals surface area contributed by atoms with Gasteiger partial charge in [-0.25, -0.2) is 4.79 Å². The number of anilines is 1. The van der Waals surface area contributed by atoms with Gasteiger partial charge in [-0.05, 0) is 48.2 Å². The molecule has 134 valence electrons. The van der Waals surface area contributed by atoms with Crippen molar-refractivity contribution in [2.75, 3.05) is 5.32 Å². The van der Waals surface area contributed by atoms with E-state index in [0.29, 0.717) is 12.0 Å². The van der Waals surface area contributed by atoms with Gasteiger partial charge in [0.2, 0.25) is 0 Å². The van der Waals surface area contributed by atoms with E-state index in [-0.39, 0.29) is 12.2 Å². The molecule has 3 heteroatoms. The molecule has 0 amide bonds. The smallest absolute Gasteiger partial charge is 0.340 e. The zero-order chi connectivity index (χ0) is 18.1. The summed E-state index contributed by atoms with van der Waals surface area (Å²) in [5.41, 5.74) is 4.20. The number of hydrogen-bond acceptors (Lipinski definition) is 3. The Morgan fingerprint density at radius 2 is 1.64 bits per heavy atom. The topological polar surface area (TPSA) is 38.3 Å². The number of rotatable bonds is 9. The monoisotopic (exact) mass is 339 g/mol. The van der Waals surface area contributed by atoms with E-state index in [1.54, 1.807) is 0 Å². The zero-order valence-corrected chi connectivity index (χ0v) is 15.5. The Morgan fingerprint density at radius 3 is 2.28 bits per heavy atom. The summed E-state index contributed by atoms with van der Waals surface area (Å²) in [5, 5.41) is 3.26. The predicted octanol–water partition coefficient (Wildman–Crippen LogP) is 5.60. The number of esters is 1. The number of carbonyl (C=O) groups is 1. The molecule has 2 rings (SSSR count). The Morgan fingerprint density at radius 1 is 0.960 bits per heavy atom.